The van der Waals surface area contributed by atoms with Gasteiger partial charge in [0.15, 0.2) is 0 Å². The summed E-state index contributed by atoms with van der Waals surface area (Å²) in [5.74, 6) is -0.181. The Hall–Kier alpha value is -2.28. The van der Waals surface area contributed by atoms with E-state index in [1.165, 1.54) is 12.0 Å². The van der Waals surface area contributed by atoms with Crippen LogP contribution in [0, 0.1) is 0 Å². The molecule has 1 saturated heterocycles. The number of fused-ring (bicyclic) bond motifs is 1. The number of urea groups is 1. The van der Waals surface area contributed by atoms with Crippen molar-refractivity contribution < 1.29 is 19.1 Å². The molecule has 2 aliphatic heterocycles. The van der Waals surface area contributed by atoms with Gasteiger partial charge in [0, 0.05) is 12.1 Å². The quantitative estimate of drug-likeness (QED) is 0.809. The van der Waals surface area contributed by atoms with Gasteiger partial charge in [0.2, 0.25) is 0 Å². The number of carbonyl (C=O) groups excluding carboxylic acids is 3. The number of halogens is 1. The molecule has 0 aromatic heterocycles. The fourth-order valence-electron chi connectivity index (χ4n) is 2.73. The highest BCUT2D eigenvalue weighted by molar-refractivity contribution is 6.32. The van der Waals surface area contributed by atoms with E-state index in [2.05, 4.69) is 10.6 Å². The molecule has 0 spiro atoms. The van der Waals surface area contributed by atoms with E-state index in [4.69, 9.17) is 16.3 Å². The molecule has 0 bridgehead atoms. The Morgan fingerprint density at radius 1 is 1.36 bits per heavy atom. The second kappa shape index (κ2) is 4.88. The standard InChI is InChI=1S/C14H14ClN3O4/c1-14(12(20)16-13(21)17-14)6-18-5-7-3-10(22-2)9(15)4-8(7)11(18)19/h3-4H,5-6H2,1-2H3,(H2,16,17,20,21). The first kappa shape index (κ1) is 14.6. The first-order valence-corrected chi connectivity index (χ1v) is 7.01. The van der Waals surface area contributed by atoms with Crippen LogP contribution in [0.1, 0.15) is 22.8 Å². The van der Waals surface area contributed by atoms with Crippen molar-refractivity contribution in [2.24, 2.45) is 0 Å². The number of benzene rings is 1. The van der Waals surface area contributed by atoms with E-state index in [1.54, 1.807) is 19.1 Å². The van der Waals surface area contributed by atoms with Gasteiger partial charge in [-0.15, -0.1) is 0 Å². The van der Waals surface area contributed by atoms with Crippen LogP contribution >= 0.6 is 11.6 Å². The Morgan fingerprint density at radius 3 is 2.68 bits per heavy atom. The molecule has 1 unspecified atom stereocenters. The molecule has 116 valence electrons. The molecule has 2 N–H and O–H groups in total. The van der Waals surface area contributed by atoms with Crippen LogP contribution in [-0.4, -0.2) is 41.9 Å². The first-order valence-electron chi connectivity index (χ1n) is 6.63. The Kier molecular flexibility index (Phi) is 3.25. The third kappa shape index (κ3) is 2.18. The van der Waals surface area contributed by atoms with Crippen LogP contribution in [0.25, 0.3) is 0 Å². The zero-order valence-corrected chi connectivity index (χ0v) is 12.8. The predicted octanol–water partition coefficient (Wildman–Crippen LogP) is 0.902. The molecular formula is C14H14ClN3O4. The normalized spacial score (nSPS) is 23.4. The van der Waals surface area contributed by atoms with Gasteiger partial charge in [0.05, 0.1) is 18.7 Å². The zero-order chi connectivity index (χ0) is 16.1. The van der Waals surface area contributed by atoms with Gasteiger partial charge in [-0.3, -0.25) is 14.9 Å². The Morgan fingerprint density at radius 2 is 2.09 bits per heavy atom. The molecule has 0 saturated carbocycles. The summed E-state index contributed by atoms with van der Waals surface area (Å²) in [6.07, 6.45) is 0. The fourth-order valence-corrected chi connectivity index (χ4v) is 2.97. The van der Waals surface area contributed by atoms with Gasteiger partial charge in [0.1, 0.15) is 11.3 Å². The van der Waals surface area contributed by atoms with Crippen molar-refractivity contribution in [2.75, 3.05) is 13.7 Å². The summed E-state index contributed by atoms with van der Waals surface area (Å²) in [6, 6.07) is 2.72. The monoisotopic (exact) mass is 323 g/mol. The molecule has 7 nitrogen and oxygen atoms in total. The molecule has 0 aliphatic carbocycles. The summed E-state index contributed by atoms with van der Waals surface area (Å²) in [4.78, 5) is 37.1. The minimum absolute atomic E-state index is 0.0814. The van der Waals surface area contributed by atoms with Gasteiger partial charge in [-0.1, -0.05) is 11.6 Å². The lowest BCUT2D eigenvalue weighted by molar-refractivity contribution is -0.123. The summed E-state index contributed by atoms with van der Waals surface area (Å²) in [7, 11) is 1.50. The van der Waals surface area contributed by atoms with Crippen molar-refractivity contribution in [3.8, 4) is 5.75 Å². The fraction of sp³-hybridized carbons (Fsp3) is 0.357. The number of rotatable bonds is 3. The van der Waals surface area contributed by atoms with Crippen LogP contribution in [-0.2, 0) is 11.3 Å². The molecule has 0 radical (unpaired) electrons. The van der Waals surface area contributed by atoms with Crippen molar-refractivity contribution in [1.82, 2.24) is 15.5 Å². The SMILES string of the molecule is COc1cc2c(cc1Cl)C(=O)N(CC1(C)NC(=O)NC1=O)C2. The molecule has 2 heterocycles. The second-order valence-corrected chi connectivity index (χ2v) is 5.95. The number of methoxy groups -OCH3 is 1. The van der Waals surface area contributed by atoms with Crippen molar-refractivity contribution in [2.45, 2.75) is 19.0 Å². The van der Waals surface area contributed by atoms with E-state index in [1.807, 2.05) is 0 Å². The summed E-state index contributed by atoms with van der Waals surface area (Å²) < 4.78 is 5.14. The number of amides is 4. The zero-order valence-electron chi connectivity index (χ0n) is 12.0. The van der Waals surface area contributed by atoms with E-state index in [9.17, 15) is 14.4 Å². The van der Waals surface area contributed by atoms with Gasteiger partial charge in [-0.2, -0.15) is 0 Å². The van der Waals surface area contributed by atoms with Crippen molar-refractivity contribution in [3.63, 3.8) is 0 Å². The molecule has 8 heteroatoms. The third-order valence-electron chi connectivity index (χ3n) is 3.88. The van der Waals surface area contributed by atoms with Crippen LogP contribution in [0.2, 0.25) is 5.02 Å². The predicted molar refractivity (Wildman–Crippen MR) is 77.8 cm³/mol. The molecule has 1 aromatic rings. The van der Waals surface area contributed by atoms with Crippen molar-refractivity contribution in [1.29, 1.82) is 0 Å². The number of hydrogen-bond acceptors (Lipinski definition) is 4. The molecule has 1 fully saturated rings. The number of ether oxygens (including phenoxy) is 1. The summed E-state index contributed by atoms with van der Waals surface area (Å²) in [5.41, 5.74) is 0.126. The van der Waals surface area contributed by atoms with Gasteiger partial charge in [-0.05, 0) is 24.6 Å². The molecule has 22 heavy (non-hydrogen) atoms. The van der Waals surface area contributed by atoms with E-state index in [0.29, 0.717) is 22.9 Å². The average Bonchev–Trinajstić information content (AvgIpc) is 2.87. The Balaban J connectivity index is 1.85. The van der Waals surface area contributed by atoms with Crippen LogP contribution in [0.5, 0.6) is 5.75 Å². The minimum Gasteiger partial charge on any atom is -0.495 e. The molecule has 1 aromatic carbocycles. The number of nitrogens with zero attached hydrogens (tertiary/aromatic N) is 1. The summed E-state index contributed by atoms with van der Waals surface area (Å²) in [5, 5.41) is 5.08. The lowest BCUT2D eigenvalue weighted by Crippen LogP contribution is -2.52. The number of imide groups is 1. The lowest BCUT2D eigenvalue weighted by Gasteiger charge is -2.26. The topological polar surface area (TPSA) is 87.7 Å². The highest BCUT2D eigenvalue weighted by atomic mass is 35.5. The number of nitrogens with one attached hydrogen (secondary N) is 2. The summed E-state index contributed by atoms with van der Waals surface area (Å²) >= 11 is 6.04. The van der Waals surface area contributed by atoms with E-state index in [-0.39, 0.29) is 12.5 Å². The summed E-state index contributed by atoms with van der Waals surface area (Å²) in [6.45, 7) is 2.00. The van der Waals surface area contributed by atoms with E-state index >= 15 is 0 Å². The second-order valence-electron chi connectivity index (χ2n) is 5.55. The smallest absolute Gasteiger partial charge is 0.322 e. The van der Waals surface area contributed by atoms with Gasteiger partial charge in [-0.25, -0.2) is 4.79 Å². The molecule has 3 rings (SSSR count). The maximum absolute atomic E-state index is 12.4. The molecular weight excluding hydrogens is 310 g/mol. The largest absolute Gasteiger partial charge is 0.495 e. The van der Waals surface area contributed by atoms with Gasteiger partial charge >= 0.3 is 6.03 Å². The molecule has 2 aliphatic rings. The maximum atomic E-state index is 12.4. The minimum atomic E-state index is -1.14. The van der Waals surface area contributed by atoms with Gasteiger partial charge in [0.25, 0.3) is 11.8 Å². The highest BCUT2D eigenvalue weighted by Crippen LogP contribution is 2.33. The van der Waals surface area contributed by atoms with Crippen LogP contribution in [0.4, 0.5) is 4.79 Å². The average molecular weight is 324 g/mol. The van der Waals surface area contributed by atoms with Crippen molar-refractivity contribution >= 4 is 29.4 Å². The molecule has 4 amide bonds. The van der Waals surface area contributed by atoms with Crippen molar-refractivity contribution in [3.05, 3.63) is 28.3 Å². The van der Waals surface area contributed by atoms with Crippen LogP contribution in [0.15, 0.2) is 12.1 Å². The van der Waals surface area contributed by atoms with E-state index in [0.717, 1.165) is 5.56 Å². The molecule has 1 atom stereocenters. The van der Waals surface area contributed by atoms with Crippen LogP contribution < -0.4 is 15.4 Å². The first-order chi connectivity index (χ1) is 10.3. The number of hydrogen-bond donors (Lipinski definition) is 2. The van der Waals surface area contributed by atoms with Gasteiger partial charge < -0.3 is 15.0 Å². The van der Waals surface area contributed by atoms with Crippen LogP contribution in [0.3, 0.4) is 0 Å². The lowest BCUT2D eigenvalue weighted by atomic mass is 10.0. The Bertz CT molecular complexity index is 706. The highest BCUT2D eigenvalue weighted by Gasteiger charge is 2.45. The Labute approximate surface area is 131 Å². The number of carbonyl (C=O) groups is 3. The van der Waals surface area contributed by atoms with E-state index < -0.39 is 17.5 Å². The maximum Gasteiger partial charge on any atom is 0.322 e. The third-order valence-corrected chi connectivity index (χ3v) is 4.18.